The first-order valence-electron chi connectivity index (χ1n) is 13.8. The van der Waals surface area contributed by atoms with Gasteiger partial charge in [-0.05, 0) is 55.9 Å². The molecule has 7 nitrogen and oxygen atoms in total. The normalized spacial score (nSPS) is 23.5. The summed E-state index contributed by atoms with van der Waals surface area (Å²) in [7, 11) is 0. The van der Waals surface area contributed by atoms with Gasteiger partial charge < -0.3 is 19.1 Å². The molecule has 1 aromatic heterocycles. The summed E-state index contributed by atoms with van der Waals surface area (Å²) in [5, 5.41) is 0.861. The topological polar surface area (TPSA) is 58.0 Å². The first-order valence-corrected chi connectivity index (χ1v) is 13.8. The van der Waals surface area contributed by atoms with Crippen LogP contribution in [0, 0.1) is 5.92 Å². The van der Waals surface area contributed by atoms with Crippen LogP contribution < -0.4 is 0 Å². The molecule has 0 N–H and O–H groups in total. The molecule has 0 spiro atoms. The van der Waals surface area contributed by atoms with E-state index in [1.807, 2.05) is 33.7 Å². The number of amides is 2. The van der Waals surface area contributed by atoms with E-state index in [0.29, 0.717) is 23.2 Å². The van der Waals surface area contributed by atoms with E-state index in [1.54, 1.807) is 4.90 Å². The lowest BCUT2D eigenvalue weighted by Gasteiger charge is -2.40. The second kappa shape index (κ2) is 9.98. The van der Waals surface area contributed by atoms with Gasteiger partial charge in [-0.2, -0.15) is 0 Å². The Kier molecular flexibility index (Phi) is 6.69. The Morgan fingerprint density at radius 2 is 1.54 bits per heavy atom. The van der Waals surface area contributed by atoms with Crippen molar-refractivity contribution < 1.29 is 23.1 Å². The molecule has 3 aliphatic heterocycles. The van der Waals surface area contributed by atoms with E-state index in [-0.39, 0.29) is 37.7 Å². The van der Waals surface area contributed by atoms with Gasteiger partial charge in [0, 0.05) is 81.2 Å². The molecule has 0 atom stereocenters. The minimum absolute atomic E-state index is 0.0309. The molecule has 0 radical (unpaired) electrons. The lowest BCUT2D eigenvalue weighted by atomic mass is 10.0. The number of ether oxygens (including phenoxy) is 1. The average molecular weight is 515 g/mol. The fourth-order valence-electron chi connectivity index (χ4n) is 6.09. The smallest absolute Gasteiger partial charge is 0.270 e. The molecule has 0 bridgehead atoms. The highest BCUT2D eigenvalue weighted by atomic mass is 19.3. The minimum atomic E-state index is -2.69. The number of alkyl halides is 2. The zero-order valence-corrected chi connectivity index (χ0v) is 21.3. The molecule has 4 aliphatic rings. The molecule has 1 saturated carbocycles. The third-order valence-electron chi connectivity index (χ3n) is 8.60. The number of carbonyl (C=O) groups excluding carboxylic acids is 2. The summed E-state index contributed by atoms with van der Waals surface area (Å²) < 4.78 is 34.9. The third kappa shape index (κ3) is 5.25. The first-order chi connectivity index (χ1) is 17.9. The molecule has 4 heterocycles. The zero-order chi connectivity index (χ0) is 25.6. The van der Waals surface area contributed by atoms with E-state index in [4.69, 9.17) is 4.74 Å². The van der Waals surface area contributed by atoms with E-state index in [0.717, 1.165) is 82.5 Å². The number of halogens is 2. The number of benzene rings is 1. The minimum Gasteiger partial charge on any atom is -0.379 e. The SMILES string of the molecule is O=C(c1ccc2c(c1)cc(C(=O)N1CCC(F)(F)CC1)n2CC1CC1)N1CCC(N2CCOCC2)CC1. The Bertz CT molecular complexity index is 1150. The highest BCUT2D eigenvalue weighted by Gasteiger charge is 2.37. The van der Waals surface area contributed by atoms with Crippen LogP contribution in [0.25, 0.3) is 10.9 Å². The van der Waals surface area contributed by atoms with Crippen molar-refractivity contribution in [2.24, 2.45) is 5.92 Å². The van der Waals surface area contributed by atoms with Crippen LogP contribution in [-0.2, 0) is 11.3 Å². The molecule has 3 saturated heterocycles. The monoisotopic (exact) mass is 514 g/mol. The van der Waals surface area contributed by atoms with Crippen LogP contribution in [0.4, 0.5) is 8.78 Å². The average Bonchev–Trinajstić information content (AvgIpc) is 3.67. The predicted octanol–water partition coefficient (Wildman–Crippen LogP) is 3.86. The number of aromatic nitrogens is 1. The van der Waals surface area contributed by atoms with Gasteiger partial charge in [0.2, 0.25) is 0 Å². The van der Waals surface area contributed by atoms with E-state index < -0.39 is 5.92 Å². The Balaban J connectivity index is 1.19. The number of rotatable bonds is 5. The summed E-state index contributed by atoms with van der Waals surface area (Å²) in [6.45, 7) is 5.87. The van der Waals surface area contributed by atoms with Gasteiger partial charge in [-0.15, -0.1) is 0 Å². The van der Waals surface area contributed by atoms with Crippen molar-refractivity contribution in [1.29, 1.82) is 0 Å². The Labute approximate surface area is 216 Å². The van der Waals surface area contributed by atoms with E-state index in [1.165, 1.54) is 0 Å². The molecule has 9 heteroatoms. The van der Waals surface area contributed by atoms with Crippen molar-refractivity contribution >= 4 is 22.7 Å². The second-order valence-electron chi connectivity index (χ2n) is 11.2. The number of morpholine rings is 1. The van der Waals surface area contributed by atoms with Crippen LogP contribution in [0.2, 0.25) is 0 Å². The molecule has 4 fully saturated rings. The van der Waals surface area contributed by atoms with Crippen LogP contribution in [-0.4, -0.2) is 95.5 Å². The number of piperidine rings is 2. The number of hydrogen-bond donors (Lipinski definition) is 0. The first kappa shape index (κ1) is 24.8. The van der Waals surface area contributed by atoms with Gasteiger partial charge in [0.25, 0.3) is 17.7 Å². The number of likely N-dealkylation sites (tertiary alicyclic amines) is 2. The van der Waals surface area contributed by atoms with Gasteiger partial charge in [-0.1, -0.05) is 0 Å². The lowest BCUT2D eigenvalue weighted by Crippen LogP contribution is -2.50. The van der Waals surface area contributed by atoms with Crippen LogP contribution in [0.15, 0.2) is 24.3 Å². The van der Waals surface area contributed by atoms with Gasteiger partial charge in [0.05, 0.1) is 13.2 Å². The lowest BCUT2D eigenvalue weighted by molar-refractivity contribution is -0.0495. The summed E-state index contributed by atoms with van der Waals surface area (Å²) in [6, 6.07) is 8.09. The van der Waals surface area contributed by atoms with Crippen molar-refractivity contribution in [3.05, 3.63) is 35.5 Å². The van der Waals surface area contributed by atoms with Crippen LogP contribution in [0.5, 0.6) is 0 Å². The van der Waals surface area contributed by atoms with Crippen LogP contribution >= 0.6 is 0 Å². The van der Waals surface area contributed by atoms with Crippen molar-refractivity contribution in [3.63, 3.8) is 0 Å². The maximum atomic E-state index is 13.7. The van der Waals surface area contributed by atoms with E-state index >= 15 is 0 Å². The van der Waals surface area contributed by atoms with E-state index in [2.05, 4.69) is 4.90 Å². The third-order valence-corrected chi connectivity index (χ3v) is 8.60. The van der Waals surface area contributed by atoms with Crippen molar-refractivity contribution in [1.82, 2.24) is 19.3 Å². The molecular weight excluding hydrogens is 478 g/mol. The summed E-state index contributed by atoms with van der Waals surface area (Å²) in [6.07, 6.45) is 3.64. The Morgan fingerprint density at radius 3 is 2.22 bits per heavy atom. The van der Waals surface area contributed by atoms with Crippen molar-refractivity contribution in [2.45, 2.75) is 57.0 Å². The van der Waals surface area contributed by atoms with Crippen molar-refractivity contribution in [2.75, 3.05) is 52.5 Å². The maximum Gasteiger partial charge on any atom is 0.270 e. The predicted molar refractivity (Wildman–Crippen MR) is 136 cm³/mol. The molecule has 0 unspecified atom stereocenters. The Hall–Kier alpha value is -2.52. The maximum absolute atomic E-state index is 13.7. The number of nitrogens with zero attached hydrogens (tertiary/aromatic N) is 4. The quantitative estimate of drug-likeness (QED) is 0.608. The summed E-state index contributed by atoms with van der Waals surface area (Å²) >= 11 is 0. The standard InChI is InChI=1S/C28H36F2N4O3/c29-28(30)7-11-33(12-8-28)27(36)25-18-22-17-21(3-4-24(22)34(25)19-20-1-2-20)26(35)32-9-5-23(6-10-32)31-13-15-37-16-14-31/h3-4,17-18,20,23H,1-2,5-16,19H2. The summed E-state index contributed by atoms with van der Waals surface area (Å²) in [4.78, 5) is 32.8. The van der Waals surface area contributed by atoms with E-state index in [9.17, 15) is 18.4 Å². The van der Waals surface area contributed by atoms with Crippen LogP contribution in [0.1, 0.15) is 59.4 Å². The molecule has 200 valence electrons. The molecular formula is C28H36F2N4O3. The summed E-state index contributed by atoms with van der Waals surface area (Å²) in [5.41, 5.74) is 2.11. The van der Waals surface area contributed by atoms with Gasteiger partial charge in [0.15, 0.2) is 0 Å². The molecule has 37 heavy (non-hydrogen) atoms. The number of carbonyl (C=O) groups is 2. The fourth-order valence-corrected chi connectivity index (χ4v) is 6.09. The second-order valence-corrected chi connectivity index (χ2v) is 11.2. The van der Waals surface area contributed by atoms with Gasteiger partial charge >= 0.3 is 0 Å². The zero-order valence-electron chi connectivity index (χ0n) is 21.3. The Morgan fingerprint density at radius 1 is 0.865 bits per heavy atom. The number of hydrogen-bond acceptors (Lipinski definition) is 4. The molecule has 2 aromatic rings. The molecule has 1 aliphatic carbocycles. The molecule has 2 amide bonds. The summed E-state index contributed by atoms with van der Waals surface area (Å²) in [5.74, 6) is -2.31. The van der Waals surface area contributed by atoms with Crippen molar-refractivity contribution in [3.8, 4) is 0 Å². The molecule has 6 rings (SSSR count). The van der Waals surface area contributed by atoms with Crippen LogP contribution in [0.3, 0.4) is 0 Å². The fraction of sp³-hybridized carbons (Fsp3) is 0.643. The highest BCUT2D eigenvalue weighted by molar-refractivity contribution is 6.02. The van der Waals surface area contributed by atoms with Gasteiger partial charge in [-0.25, -0.2) is 8.78 Å². The van der Waals surface area contributed by atoms with Gasteiger partial charge in [-0.3, -0.25) is 14.5 Å². The molecule has 1 aromatic carbocycles. The van der Waals surface area contributed by atoms with Gasteiger partial charge in [0.1, 0.15) is 5.69 Å². The highest BCUT2D eigenvalue weighted by Crippen LogP contribution is 2.35. The largest absolute Gasteiger partial charge is 0.379 e. The number of fused-ring (bicyclic) bond motifs is 1.